The lowest BCUT2D eigenvalue weighted by molar-refractivity contribution is 0.163. The normalized spacial score (nSPS) is 14.9. The predicted molar refractivity (Wildman–Crippen MR) is 63.9 cm³/mol. The van der Waals surface area contributed by atoms with E-state index in [1.807, 2.05) is 13.0 Å². The molecule has 0 saturated carbocycles. The molecule has 1 rings (SSSR count). The summed E-state index contributed by atoms with van der Waals surface area (Å²) < 4.78 is 0. The predicted octanol–water partition coefficient (Wildman–Crippen LogP) is 2.42. The Labute approximate surface area is 92.3 Å². The number of nitrogens with one attached hydrogen (secondary N) is 1. The van der Waals surface area contributed by atoms with Gasteiger partial charge in [-0.25, -0.2) is 0 Å². The Kier molecular flexibility index (Phi) is 4.79. The number of aryl methyl sites for hydroxylation is 1. The maximum absolute atomic E-state index is 9.46. The van der Waals surface area contributed by atoms with Gasteiger partial charge in [0.05, 0.1) is 6.10 Å². The molecule has 84 valence electrons. The molecule has 0 bridgehead atoms. The van der Waals surface area contributed by atoms with Crippen LogP contribution < -0.4 is 5.32 Å². The molecule has 2 N–H and O–H groups in total. The van der Waals surface area contributed by atoms with Crippen LogP contribution in [-0.4, -0.2) is 17.8 Å². The molecular formula is C13H21NO. The quantitative estimate of drug-likeness (QED) is 0.777. The van der Waals surface area contributed by atoms with Gasteiger partial charge in [-0.15, -0.1) is 0 Å². The van der Waals surface area contributed by atoms with Gasteiger partial charge in [0.2, 0.25) is 0 Å². The van der Waals surface area contributed by atoms with Crippen LogP contribution in [0.5, 0.6) is 0 Å². The summed E-state index contributed by atoms with van der Waals surface area (Å²) in [7, 11) is 0. The van der Waals surface area contributed by atoms with E-state index in [0.717, 1.165) is 6.42 Å². The zero-order valence-electron chi connectivity index (χ0n) is 9.83. The minimum absolute atomic E-state index is 0.239. The molecule has 0 fully saturated rings. The van der Waals surface area contributed by atoms with Gasteiger partial charge in [-0.2, -0.15) is 0 Å². The van der Waals surface area contributed by atoms with Gasteiger partial charge < -0.3 is 10.4 Å². The molecule has 0 aliphatic carbocycles. The number of aliphatic hydroxyl groups excluding tert-OH is 1. The van der Waals surface area contributed by atoms with Crippen molar-refractivity contribution in [2.24, 2.45) is 0 Å². The standard InChI is InChI=1S/C13H21NO/c1-4-12(15)9-14-11(3)13-8-6-5-7-10(13)2/h5-8,11-12,14-15H,4,9H2,1-3H3/t11-,12?/m1/s1. The maximum atomic E-state index is 9.46. The van der Waals surface area contributed by atoms with Crippen LogP contribution in [0.25, 0.3) is 0 Å². The van der Waals surface area contributed by atoms with Crippen LogP contribution in [0.2, 0.25) is 0 Å². The van der Waals surface area contributed by atoms with E-state index in [2.05, 4.69) is 37.4 Å². The van der Waals surface area contributed by atoms with E-state index in [-0.39, 0.29) is 6.10 Å². The Morgan fingerprint density at radius 1 is 1.33 bits per heavy atom. The highest BCUT2D eigenvalue weighted by molar-refractivity contribution is 5.28. The smallest absolute Gasteiger partial charge is 0.0662 e. The molecule has 0 aromatic heterocycles. The summed E-state index contributed by atoms with van der Waals surface area (Å²) in [5.74, 6) is 0. The monoisotopic (exact) mass is 207 g/mol. The summed E-state index contributed by atoms with van der Waals surface area (Å²) in [6.07, 6.45) is 0.560. The summed E-state index contributed by atoms with van der Waals surface area (Å²) >= 11 is 0. The van der Waals surface area contributed by atoms with Crippen molar-refractivity contribution in [3.8, 4) is 0 Å². The number of aliphatic hydroxyl groups is 1. The summed E-state index contributed by atoms with van der Waals surface area (Å²) in [6.45, 7) is 6.89. The zero-order chi connectivity index (χ0) is 11.3. The van der Waals surface area contributed by atoms with Gasteiger partial charge in [0, 0.05) is 12.6 Å². The number of hydrogen-bond acceptors (Lipinski definition) is 2. The third-order valence-corrected chi connectivity index (χ3v) is 2.79. The van der Waals surface area contributed by atoms with Crippen molar-refractivity contribution in [1.29, 1.82) is 0 Å². The van der Waals surface area contributed by atoms with Gasteiger partial charge in [-0.05, 0) is 31.4 Å². The minimum atomic E-state index is -0.239. The zero-order valence-corrected chi connectivity index (χ0v) is 9.83. The fourth-order valence-corrected chi connectivity index (χ4v) is 1.64. The Hall–Kier alpha value is -0.860. The second-order valence-electron chi connectivity index (χ2n) is 4.05. The molecule has 2 heteroatoms. The molecule has 1 aromatic rings. The Bertz CT molecular complexity index is 298. The van der Waals surface area contributed by atoms with E-state index in [1.54, 1.807) is 0 Å². The van der Waals surface area contributed by atoms with E-state index < -0.39 is 0 Å². The number of hydrogen-bond donors (Lipinski definition) is 2. The second-order valence-corrected chi connectivity index (χ2v) is 4.05. The van der Waals surface area contributed by atoms with E-state index in [9.17, 15) is 5.11 Å². The van der Waals surface area contributed by atoms with E-state index in [0.29, 0.717) is 12.6 Å². The van der Waals surface area contributed by atoms with Crippen LogP contribution in [-0.2, 0) is 0 Å². The largest absolute Gasteiger partial charge is 0.392 e. The molecule has 0 heterocycles. The molecule has 2 atom stereocenters. The van der Waals surface area contributed by atoms with Gasteiger partial charge in [-0.1, -0.05) is 31.2 Å². The highest BCUT2D eigenvalue weighted by Crippen LogP contribution is 2.16. The summed E-state index contributed by atoms with van der Waals surface area (Å²) in [5, 5.41) is 12.8. The van der Waals surface area contributed by atoms with Gasteiger partial charge in [0.15, 0.2) is 0 Å². The molecule has 2 nitrogen and oxygen atoms in total. The van der Waals surface area contributed by atoms with Gasteiger partial charge in [-0.3, -0.25) is 0 Å². The second kappa shape index (κ2) is 5.89. The van der Waals surface area contributed by atoms with Crippen LogP contribution >= 0.6 is 0 Å². The fourth-order valence-electron chi connectivity index (χ4n) is 1.64. The maximum Gasteiger partial charge on any atom is 0.0662 e. The van der Waals surface area contributed by atoms with Crippen molar-refractivity contribution < 1.29 is 5.11 Å². The molecular weight excluding hydrogens is 186 g/mol. The molecule has 0 spiro atoms. The van der Waals surface area contributed by atoms with Crippen LogP contribution in [0.4, 0.5) is 0 Å². The molecule has 0 aliphatic rings. The van der Waals surface area contributed by atoms with Gasteiger partial charge in [0.1, 0.15) is 0 Å². The summed E-state index contributed by atoms with van der Waals surface area (Å²) in [4.78, 5) is 0. The van der Waals surface area contributed by atoms with Crippen molar-refractivity contribution in [3.63, 3.8) is 0 Å². The molecule has 0 radical (unpaired) electrons. The Morgan fingerprint density at radius 2 is 2.00 bits per heavy atom. The van der Waals surface area contributed by atoms with Gasteiger partial charge in [0.25, 0.3) is 0 Å². The third kappa shape index (κ3) is 3.65. The van der Waals surface area contributed by atoms with Crippen LogP contribution in [0.15, 0.2) is 24.3 Å². The van der Waals surface area contributed by atoms with Crippen LogP contribution in [0.3, 0.4) is 0 Å². The van der Waals surface area contributed by atoms with E-state index >= 15 is 0 Å². The highest BCUT2D eigenvalue weighted by Gasteiger charge is 2.08. The lowest BCUT2D eigenvalue weighted by Gasteiger charge is -2.18. The fraction of sp³-hybridized carbons (Fsp3) is 0.538. The minimum Gasteiger partial charge on any atom is -0.392 e. The van der Waals surface area contributed by atoms with Crippen molar-refractivity contribution in [3.05, 3.63) is 35.4 Å². The summed E-state index contributed by atoms with van der Waals surface area (Å²) in [6, 6.07) is 8.64. The Balaban J connectivity index is 2.54. The number of benzene rings is 1. The van der Waals surface area contributed by atoms with Crippen molar-refractivity contribution in [2.45, 2.75) is 39.3 Å². The topological polar surface area (TPSA) is 32.3 Å². The molecule has 1 unspecified atom stereocenters. The average molecular weight is 207 g/mol. The molecule has 0 saturated heterocycles. The van der Waals surface area contributed by atoms with E-state index in [1.165, 1.54) is 11.1 Å². The van der Waals surface area contributed by atoms with Crippen LogP contribution in [0.1, 0.15) is 37.4 Å². The first-order chi connectivity index (χ1) is 7.15. The average Bonchev–Trinajstić information content (AvgIpc) is 2.26. The molecule has 15 heavy (non-hydrogen) atoms. The van der Waals surface area contributed by atoms with Gasteiger partial charge >= 0.3 is 0 Å². The lowest BCUT2D eigenvalue weighted by Crippen LogP contribution is -2.28. The van der Waals surface area contributed by atoms with Crippen molar-refractivity contribution >= 4 is 0 Å². The number of rotatable bonds is 5. The highest BCUT2D eigenvalue weighted by atomic mass is 16.3. The first-order valence-electron chi connectivity index (χ1n) is 5.62. The Morgan fingerprint density at radius 3 is 2.60 bits per heavy atom. The first-order valence-corrected chi connectivity index (χ1v) is 5.62. The third-order valence-electron chi connectivity index (χ3n) is 2.79. The van der Waals surface area contributed by atoms with Crippen molar-refractivity contribution in [2.75, 3.05) is 6.54 Å². The molecule has 0 aliphatic heterocycles. The lowest BCUT2D eigenvalue weighted by atomic mass is 10.0. The summed E-state index contributed by atoms with van der Waals surface area (Å²) in [5.41, 5.74) is 2.60. The van der Waals surface area contributed by atoms with Crippen LogP contribution in [0, 0.1) is 6.92 Å². The molecule has 1 aromatic carbocycles. The first kappa shape index (κ1) is 12.2. The van der Waals surface area contributed by atoms with E-state index in [4.69, 9.17) is 0 Å². The SMILES string of the molecule is CCC(O)CN[C@H](C)c1ccccc1C. The molecule has 0 amide bonds. The van der Waals surface area contributed by atoms with Crippen molar-refractivity contribution in [1.82, 2.24) is 5.32 Å².